The normalized spacial score (nSPS) is 16.1. The fraction of sp³-hybridized carbons (Fsp3) is 0.417. The Bertz CT molecular complexity index is 471. The van der Waals surface area contributed by atoms with E-state index in [1.807, 2.05) is 0 Å². The van der Waals surface area contributed by atoms with Crippen molar-refractivity contribution >= 4 is 17.5 Å². The van der Waals surface area contributed by atoms with Gasteiger partial charge in [-0.1, -0.05) is 11.6 Å². The van der Waals surface area contributed by atoms with Gasteiger partial charge in [0.05, 0.1) is 6.07 Å². The number of nitrogens with zero attached hydrogens (tertiary/aromatic N) is 2. The van der Waals surface area contributed by atoms with Gasteiger partial charge in [0.1, 0.15) is 11.2 Å². The number of nitriles is 1. The molecule has 0 radical (unpaired) electrons. The number of hydrogen-bond acceptors (Lipinski definition) is 3. The molecule has 0 saturated heterocycles. The summed E-state index contributed by atoms with van der Waals surface area (Å²) in [7, 11) is 0. The van der Waals surface area contributed by atoms with E-state index in [9.17, 15) is 4.79 Å². The van der Waals surface area contributed by atoms with Crippen molar-refractivity contribution < 1.29 is 4.79 Å². The van der Waals surface area contributed by atoms with E-state index in [0.717, 1.165) is 12.8 Å². The number of carbonyl (C=O) groups is 1. The lowest BCUT2D eigenvalue weighted by Gasteiger charge is -2.10. The smallest absolute Gasteiger partial charge is 0.252 e. The van der Waals surface area contributed by atoms with Crippen LogP contribution in [0.2, 0.25) is 5.15 Å². The first-order valence-corrected chi connectivity index (χ1v) is 5.82. The van der Waals surface area contributed by atoms with Crippen molar-refractivity contribution in [2.24, 2.45) is 5.92 Å². The predicted molar refractivity (Wildman–Crippen MR) is 63.6 cm³/mol. The summed E-state index contributed by atoms with van der Waals surface area (Å²) in [5.41, 5.74) is 1.13. The quantitative estimate of drug-likeness (QED) is 0.834. The monoisotopic (exact) mass is 249 g/mol. The average Bonchev–Trinajstić information content (AvgIpc) is 3.08. The second-order valence-corrected chi connectivity index (χ2v) is 4.62. The number of carbonyl (C=O) groups excluding carboxylic acids is 1. The van der Waals surface area contributed by atoms with E-state index in [-0.39, 0.29) is 11.1 Å². The lowest BCUT2D eigenvalue weighted by Crippen LogP contribution is -2.35. The Morgan fingerprint density at radius 3 is 2.88 bits per heavy atom. The number of amides is 1. The molecule has 0 bridgehead atoms. The summed E-state index contributed by atoms with van der Waals surface area (Å²) in [6, 6.07) is 4.88. The molecule has 0 spiro atoms. The molecule has 1 saturated carbocycles. The first-order valence-electron chi connectivity index (χ1n) is 5.45. The molecule has 4 nitrogen and oxygen atoms in total. The highest BCUT2D eigenvalue weighted by molar-refractivity contribution is 6.29. The molecule has 1 unspecified atom stereocenters. The minimum atomic E-state index is -0.394. The molecular weight excluding hydrogens is 238 g/mol. The van der Waals surface area contributed by atoms with Crippen LogP contribution in [-0.2, 0) is 0 Å². The maximum atomic E-state index is 11.9. The summed E-state index contributed by atoms with van der Waals surface area (Å²) >= 11 is 5.78. The third-order valence-electron chi connectivity index (χ3n) is 2.70. The molecule has 88 valence electrons. The maximum Gasteiger partial charge on any atom is 0.252 e. The number of aryl methyl sites for hydroxylation is 1. The van der Waals surface area contributed by atoms with E-state index in [4.69, 9.17) is 16.9 Å². The molecule has 5 heteroatoms. The SMILES string of the molecule is Cc1cc(C(=O)NC(C#N)C2CC2)cc(Cl)n1. The van der Waals surface area contributed by atoms with Gasteiger partial charge in [-0.15, -0.1) is 0 Å². The van der Waals surface area contributed by atoms with Gasteiger partial charge in [-0.25, -0.2) is 4.98 Å². The van der Waals surface area contributed by atoms with E-state index in [2.05, 4.69) is 16.4 Å². The van der Waals surface area contributed by atoms with Gasteiger partial charge in [-0.05, 0) is 37.8 Å². The first-order chi connectivity index (χ1) is 8.10. The Morgan fingerprint density at radius 1 is 1.65 bits per heavy atom. The van der Waals surface area contributed by atoms with E-state index in [1.54, 1.807) is 13.0 Å². The number of halogens is 1. The van der Waals surface area contributed by atoms with Crippen molar-refractivity contribution in [1.29, 1.82) is 5.26 Å². The van der Waals surface area contributed by atoms with Crippen LogP contribution >= 0.6 is 11.6 Å². The van der Waals surface area contributed by atoms with Crippen LogP contribution in [0.15, 0.2) is 12.1 Å². The molecule has 17 heavy (non-hydrogen) atoms. The molecule has 1 atom stereocenters. The van der Waals surface area contributed by atoms with Gasteiger partial charge in [0.2, 0.25) is 0 Å². The molecule has 0 aliphatic heterocycles. The third kappa shape index (κ3) is 2.95. The standard InChI is InChI=1S/C12H12ClN3O/c1-7-4-9(5-11(13)15-7)12(17)16-10(6-14)8-2-3-8/h4-5,8,10H,2-3H2,1H3,(H,16,17). The Labute approximate surface area is 105 Å². The zero-order valence-electron chi connectivity index (χ0n) is 9.40. The molecule has 1 aromatic heterocycles. The molecule has 1 heterocycles. The fourth-order valence-corrected chi connectivity index (χ4v) is 1.92. The van der Waals surface area contributed by atoms with Crippen molar-refractivity contribution in [2.45, 2.75) is 25.8 Å². The molecule has 1 N–H and O–H groups in total. The zero-order valence-corrected chi connectivity index (χ0v) is 10.2. The Morgan fingerprint density at radius 2 is 2.35 bits per heavy atom. The molecule has 1 amide bonds. The maximum absolute atomic E-state index is 11.9. The highest BCUT2D eigenvalue weighted by Crippen LogP contribution is 2.32. The topological polar surface area (TPSA) is 65.8 Å². The highest BCUT2D eigenvalue weighted by Gasteiger charge is 2.32. The summed E-state index contributed by atoms with van der Waals surface area (Å²) in [6.45, 7) is 1.77. The highest BCUT2D eigenvalue weighted by atomic mass is 35.5. The van der Waals surface area contributed by atoms with E-state index in [1.165, 1.54) is 6.07 Å². The molecule has 1 aliphatic carbocycles. The van der Waals surface area contributed by atoms with Gasteiger partial charge in [-0.2, -0.15) is 5.26 Å². The van der Waals surface area contributed by atoms with Crippen LogP contribution in [0.5, 0.6) is 0 Å². The molecular formula is C12H12ClN3O. The second kappa shape index (κ2) is 4.72. The van der Waals surface area contributed by atoms with Crippen LogP contribution < -0.4 is 5.32 Å². The van der Waals surface area contributed by atoms with Crippen molar-refractivity contribution in [3.05, 3.63) is 28.5 Å². The Kier molecular flexibility index (Phi) is 3.30. The Balaban J connectivity index is 2.11. The predicted octanol–water partition coefficient (Wildman–Crippen LogP) is 2.08. The van der Waals surface area contributed by atoms with Crippen molar-refractivity contribution in [3.63, 3.8) is 0 Å². The van der Waals surface area contributed by atoms with Gasteiger partial charge in [0.25, 0.3) is 5.91 Å². The summed E-state index contributed by atoms with van der Waals surface area (Å²) in [5, 5.41) is 11.9. The zero-order chi connectivity index (χ0) is 12.4. The number of nitrogens with one attached hydrogen (secondary N) is 1. The molecule has 1 aromatic rings. The van der Waals surface area contributed by atoms with Gasteiger partial charge in [0, 0.05) is 11.3 Å². The van der Waals surface area contributed by atoms with Crippen molar-refractivity contribution in [3.8, 4) is 6.07 Å². The van der Waals surface area contributed by atoms with Gasteiger partial charge in [0.15, 0.2) is 0 Å². The summed E-state index contributed by atoms with van der Waals surface area (Å²) in [6.07, 6.45) is 2.02. The van der Waals surface area contributed by atoms with Crippen LogP contribution in [0.1, 0.15) is 28.9 Å². The minimum Gasteiger partial charge on any atom is -0.336 e. The summed E-state index contributed by atoms with van der Waals surface area (Å²) in [5.74, 6) is 0.0400. The van der Waals surface area contributed by atoms with E-state index >= 15 is 0 Å². The second-order valence-electron chi connectivity index (χ2n) is 4.24. The van der Waals surface area contributed by atoms with Crippen LogP contribution in [0, 0.1) is 24.2 Å². The lowest BCUT2D eigenvalue weighted by atomic mass is 10.1. The molecule has 1 aliphatic rings. The fourth-order valence-electron chi connectivity index (χ4n) is 1.67. The summed E-state index contributed by atoms with van der Waals surface area (Å²) in [4.78, 5) is 15.9. The van der Waals surface area contributed by atoms with Crippen LogP contribution in [0.4, 0.5) is 0 Å². The lowest BCUT2D eigenvalue weighted by molar-refractivity contribution is 0.0941. The Hall–Kier alpha value is -1.60. The van der Waals surface area contributed by atoms with Crippen LogP contribution in [0.25, 0.3) is 0 Å². The first kappa shape index (κ1) is 11.9. The van der Waals surface area contributed by atoms with Crippen molar-refractivity contribution in [2.75, 3.05) is 0 Å². The molecule has 0 aromatic carbocycles. The number of rotatable bonds is 3. The van der Waals surface area contributed by atoms with Crippen molar-refractivity contribution in [1.82, 2.24) is 10.3 Å². The van der Waals surface area contributed by atoms with Gasteiger partial charge < -0.3 is 5.32 Å². The van der Waals surface area contributed by atoms with E-state index < -0.39 is 6.04 Å². The van der Waals surface area contributed by atoms with Gasteiger partial charge >= 0.3 is 0 Å². The third-order valence-corrected chi connectivity index (χ3v) is 2.90. The van der Waals surface area contributed by atoms with Crippen LogP contribution in [0.3, 0.4) is 0 Å². The minimum absolute atomic E-state index is 0.268. The number of pyridine rings is 1. The number of aromatic nitrogens is 1. The van der Waals surface area contributed by atoms with Crippen LogP contribution in [-0.4, -0.2) is 16.9 Å². The molecule has 1 fully saturated rings. The summed E-state index contributed by atoms with van der Waals surface area (Å²) < 4.78 is 0. The average molecular weight is 250 g/mol. The number of hydrogen-bond donors (Lipinski definition) is 1. The van der Waals surface area contributed by atoms with Gasteiger partial charge in [-0.3, -0.25) is 4.79 Å². The largest absolute Gasteiger partial charge is 0.336 e. The van der Waals surface area contributed by atoms with E-state index in [0.29, 0.717) is 17.2 Å². The molecule has 2 rings (SSSR count).